The van der Waals surface area contributed by atoms with Gasteiger partial charge in [0.1, 0.15) is 0 Å². The highest BCUT2D eigenvalue weighted by Crippen LogP contribution is 2.26. The van der Waals surface area contributed by atoms with Crippen LogP contribution in [0.4, 0.5) is 0 Å². The number of tetrazole rings is 1. The van der Waals surface area contributed by atoms with Crippen molar-refractivity contribution in [3.05, 3.63) is 76.0 Å². The molecule has 0 saturated carbocycles. The lowest BCUT2D eigenvalue weighted by Gasteiger charge is -2.30. The van der Waals surface area contributed by atoms with E-state index < -0.39 is 0 Å². The molecule has 0 atom stereocenters. The van der Waals surface area contributed by atoms with E-state index in [1.165, 1.54) is 16.7 Å². The summed E-state index contributed by atoms with van der Waals surface area (Å²) in [6.07, 6.45) is 8.47. The molecule has 1 aliphatic rings. The molecule has 0 amide bonds. The van der Waals surface area contributed by atoms with E-state index in [-0.39, 0.29) is 0 Å². The third-order valence-corrected chi connectivity index (χ3v) is 7.05. The number of hydrogen-bond acceptors (Lipinski definition) is 6. The first-order valence-electron chi connectivity index (χ1n) is 12.6. The standard InChI is InChI=1S/C27H34N8/c1-5-25-24(27-28-19(2)17-20(3)35(27)30-25)18-22-10-8-21(9-11-22)7-6-14-34-15-12-23(13-16-34)26-29-31-32-33(26)4/h6-11,17,23H,5,12-16,18H2,1-4H3. The van der Waals surface area contributed by atoms with Gasteiger partial charge in [0.15, 0.2) is 11.5 Å². The van der Waals surface area contributed by atoms with Crippen LogP contribution in [0.2, 0.25) is 0 Å². The van der Waals surface area contributed by atoms with Crippen LogP contribution < -0.4 is 0 Å². The monoisotopic (exact) mass is 470 g/mol. The van der Waals surface area contributed by atoms with Gasteiger partial charge >= 0.3 is 0 Å². The van der Waals surface area contributed by atoms with E-state index in [1.54, 1.807) is 4.68 Å². The van der Waals surface area contributed by atoms with E-state index in [0.29, 0.717) is 5.92 Å². The Hall–Kier alpha value is -3.39. The van der Waals surface area contributed by atoms with E-state index in [4.69, 9.17) is 10.1 Å². The van der Waals surface area contributed by atoms with E-state index >= 15 is 0 Å². The van der Waals surface area contributed by atoms with Crippen LogP contribution in [0.3, 0.4) is 0 Å². The molecule has 35 heavy (non-hydrogen) atoms. The first-order valence-corrected chi connectivity index (χ1v) is 12.6. The number of aromatic nitrogens is 7. The van der Waals surface area contributed by atoms with E-state index in [0.717, 1.165) is 73.9 Å². The lowest BCUT2D eigenvalue weighted by Crippen LogP contribution is -2.33. The Morgan fingerprint density at radius 3 is 2.54 bits per heavy atom. The van der Waals surface area contributed by atoms with Crippen molar-refractivity contribution >= 4 is 11.7 Å². The second-order valence-electron chi connectivity index (χ2n) is 9.61. The van der Waals surface area contributed by atoms with Crippen molar-refractivity contribution in [3.63, 3.8) is 0 Å². The summed E-state index contributed by atoms with van der Waals surface area (Å²) in [6, 6.07) is 11.0. The number of likely N-dealkylation sites (tertiary alicyclic amines) is 1. The highest BCUT2D eigenvalue weighted by molar-refractivity contribution is 5.55. The van der Waals surface area contributed by atoms with Crippen LogP contribution in [0, 0.1) is 13.8 Å². The van der Waals surface area contributed by atoms with Crippen molar-refractivity contribution in [2.75, 3.05) is 19.6 Å². The summed E-state index contributed by atoms with van der Waals surface area (Å²) >= 11 is 0. The highest BCUT2D eigenvalue weighted by Gasteiger charge is 2.23. The fourth-order valence-electron chi connectivity index (χ4n) is 5.12. The molecule has 4 heterocycles. The lowest BCUT2D eigenvalue weighted by atomic mass is 9.96. The van der Waals surface area contributed by atoms with Crippen molar-refractivity contribution in [2.45, 2.75) is 52.4 Å². The highest BCUT2D eigenvalue weighted by atomic mass is 15.5. The largest absolute Gasteiger partial charge is 0.300 e. The van der Waals surface area contributed by atoms with Crippen molar-refractivity contribution in [1.29, 1.82) is 0 Å². The fraction of sp³-hybridized carbons (Fsp3) is 0.444. The Morgan fingerprint density at radius 1 is 1.09 bits per heavy atom. The number of nitrogens with zero attached hydrogens (tertiary/aromatic N) is 8. The van der Waals surface area contributed by atoms with Gasteiger partial charge in [-0.1, -0.05) is 43.3 Å². The third-order valence-electron chi connectivity index (χ3n) is 7.05. The van der Waals surface area contributed by atoms with Crippen LogP contribution in [0.5, 0.6) is 0 Å². The number of benzene rings is 1. The van der Waals surface area contributed by atoms with Crippen molar-refractivity contribution in [2.24, 2.45) is 7.05 Å². The Bertz CT molecular complexity index is 1320. The summed E-state index contributed by atoms with van der Waals surface area (Å²) in [4.78, 5) is 7.30. The zero-order valence-electron chi connectivity index (χ0n) is 21.1. The molecule has 1 aromatic carbocycles. The molecule has 182 valence electrons. The molecule has 8 nitrogen and oxygen atoms in total. The quantitative estimate of drug-likeness (QED) is 0.408. The van der Waals surface area contributed by atoms with Gasteiger partial charge in [0.25, 0.3) is 0 Å². The second kappa shape index (κ2) is 10.1. The van der Waals surface area contributed by atoms with E-state index in [9.17, 15) is 0 Å². The molecule has 0 radical (unpaired) electrons. The topological polar surface area (TPSA) is 77.0 Å². The van der Waals surface area contributed by atoms with Gasteiger partial charge in [0.05, 0.1) is 5.69 Å². The minimum atomic E-state index is 0.465. The second-order valence-corrected chi connectivity index (χ2v) is 9.61. The molecule has 0 spiro atoms. The maximum absolute atomic E-state index is 4.82. The fourth-order valence-corrected chi connectivity index (χ4v) is 5.12. The molecule has 4 aromatic rings. The first kappa shape index (κ1) is 23.4. The Kier molecular flexibility index (Phi) is 6.72. The zero-order valence-corrected chi connectivity index (χ0v) is 21.1. The van der Waals surface area contributed by atoms with Crippen molar-refractivity contribution < 1.29 is 0 Å². The Labute approximate surface area is 206 Å². The van der Waals surface area contributed by atoms with Crippen LogP contribution in [0.1, 0.15) is 65.3 Å². The lowest BCUT2D eigenvalue weighted by molar-refractivity contribution is 0.227. The molecule has 3 aromatic heterocycles. The number of rotatable bonds is 7. The summed E-state index contributed by atoms with van der Waals surface area (Å²) in [5.41, 5.74) is 8.04. The van der Waals surface area contributed by atoms with Gasteiger partial charge in [-0.15, -0.1) is 5.10 Å². The van der Waals surface area contributed by atoms with Crippen LogP contribution >= 0.6 is 0 Å². The summed E-state index contributed by atoms with van der Waals surface area (Å²) in [6.45, 7) is 9.43. The first-order chi connectivity index (χ1) is 17.0. The predicted molar refractivity (Wildman–Crippen MR) is 137 cm³/mol. The molecule has 5 rings (SSSR count). The average Bonchev–Trinajstić information content (AvgIpc) is 3.44. The molecular formula is C27H34N8. The summed E-state index contributed by atoms with van der Waals surface area (Å²) in [5.74, 6) is 1.48. The smallest absolute Gasteiger partial charge is 0.159 e. The van der Waals surface area contributed by atoms with Crippen LogP contribution in [0.25, 0.3) is 11.7 Å². The maximum Gasteiger partial charge on any atom is 0.159 e. The van der Waals surface area contributed by atoms with Crippen LogP contribution in [-0.2, 0) is 19.9 Å². The molecule has 0 unspecified atom stereocenters. The third kappa shape index (κ3) is 5.03. The van der Waals surface area contributed by atoms with Crippen LogP contribution in [-0.4, -0.2) is 59.3 Å². The molecule has 1 aliphatic heterocycles. The van der Waals surface area contributed by atoms with Crippen LogP contribution in [0.15, 0.2) is 36.4 Å². The molecular weight excluding hydrogens is 436 g/mol. The Morgan fingerprint density at radius 2 is 1.86 bits per heavy atom. The average molecular weight is 471 g/mol. The van der Waals surface area contributed by atoms with Crippen molar-refractivity contribution in [3.8, 4) is 0 Å². The molecule has 1 fully saturated rings. The summed E-state index contributed by atoms with van der Waals surface area (Å²) in [7, 11) is 1.93. The number of aryl methyl sites for hydroxylation is 4. The van der Waals surface area contributed by atoms with Gasteiger partial charge in [0.2, 0.25) is 0 Å². The number of hydrogen-bond donors (Lipinski definition) is 0. The Balaban J connectivity index is 1.19. The van der Waals surface area contributed by atoms with Crippen molar-refractivity contribution in [1.82, 2.24) is 39.7 Å². The minimum absolute atomic E-state index is 0.465. The van der Waals surface area contributed by atoms with E-state index in [2.05, 4.69) is 76.8 Å². The molecule has 0 aliphatic carbocycles. The van der Waals surface area contributed by atoms with Gasteiger partial charge < -0.3 is 0 Å². The summed E-state index contributed by atoms with van der Waals surface area (Å²) < 4.78 is 3.80. The predicted octanol–water partition coefficient (Wildman–Crippen LogP) is 3.92. The number of fused-ring (bicyclic) bond motifs is 1. The summed E-state index contributed by atoms with van der Waals surface area (Å²) in [5, 5.41) is 16.8. The van der Waals surface area contributed by atoms with E-state index in [1.807, 2.05) is 18.5 Å². The van der Waals surface area contributed by atoms with Gasteiger partial charge in [-0.25, -0.2) is 14.2 Å². The maximum atomic E-state index is 4.82. The zero-order chi connectivity index (χ0) is 24.4. The van der Waals surface area contributed by atoms with Gasteiger partial charge in [0, 0.05) is 42.9 Å². The normalized spacial score (nSPS) is 15.5. The molecule has 8 heteroatoms. The van der Waals surface area contributed by atoms with Gasteiger partial charge in [-0.2, -0.15) is 5.10 Å². The van der Waals surface area contributed by atoms with Gasteiger partial charge in [-0.3, -0.25) is 4.90 Å². The minimum Gasteiger partial charge on any atom is -0.300 e. The number of piperidine rings is 1. The molecule has 1 saturated heterocycles. The van der Waals surface area contributed by atoms with Gasteiger partial charge in [-0.05, 0) is 73.8 Å². The SMILES string of the molecule is CCc1nn2c(C)cc(C)nc2c1Cc1ccc(C=CCN2CCC(c3nnnn3C)CC2)cc1. The molecule has 0 N–H and O–H groups in total. The molecule has 0 bridgehead atoms.